The molecule has 11 nitrogen and oxygen atoms in total. The van der Waals surface area contributed by atoms with Gasteiger partial charge in [-0.2, -0.15) is 4.98 Å². The standard InChI is InChI=1S/C31H33N7O4/c1-31(2)25-15-21(11-14-23(25)29(41)38(31)17-19-9-12-22(42-3)13-10-19)34-30-33-16-24(28(40)37-32)27(36-30)35-26(18-39)20-7-5-4-6-8-20/h4-16,26,39H,17-18,32H2,1-3H3,(H,37,40)(H2,33,34,35,36)/t26-/m1/s1. The molecule has 216 valence electrons. The molecule has 0 spiro atoms. The van der Waals surface area contributed by atoms with Gasteiger partial charge in [0.05, 0.1) is 25.3 Å². The van der Waals surface area contributed by atoms with Crippen LogP contribution in [0.4, 0.5) is 17.5 Å². The molecule has 2 heterocycles. The van der Waals surface area contributed by atoms with Gasteiger partial charge in [-0.1, -0.05) is 42.5 Å². The SMILES string of the molecule is COc1ccc(CN2C(=O)c3ccc(Nc4ncc(C(=O)NN)c(N[C@H](CO)c5ccccc5)n4)cc3C2(C)C)cc1. The molecule has 0 saturated heterocycles. The van der Waals surface area contributed by atoms with Crippen LogP contribution in [0.1, 0.15) is 57.3 Å². The van der Waals surface area contributed by atoms with Gasteiger partial charge in [-0.15, -0.1) is 0 Å². The van der Waals surface area contributed by atoms with Crippen LogP contribution in [0.15, 0.2) is 79.0 Å². The third kappa shape index (κ3) is 5.60. The number of aliphatic hydroxyl groups is 1. The zero-order valence-electron chi connectivity index (χ0n) is 23.6. The summed E-state index contributed by atoms with van der Waals surface area (Å²) in [5, 5.41) is 16.4. The second-order valence-electron chi connectivity index (χ2n) is 10.4. The Morgan fingerprint density at radius 2 is 1.83 bits per heavy atom. The van der Waals surface area contributed by atoms with Gasteiger partial charge in [0.25, 0.3) is 11.8 Å². The summed E-state index contributed by atoms with van der Waals surface area (Å²) in [6.45, 7) is 4.24. The Balaban J connectivity index is 1.41. The van der Waals surface area contributed by atoms with Crippen LogP contribution in [0.3, 0.4) is 0 Å². The highest BCUT2D eigenvalue weighted by molar-refractivity contribution is 6.00. The van der Waals surface area contributed by atoms with Crippen molar-refractivity contribution in [1.29, 1.82) is 0 Å². The summed E-state index contributed by atoms with van der Waals surface area (Å²) >= 11 is 0. The van der Waals surface area contributed by atoms with Gasteiger partial charge in [-0.25, -0.2) is 10.8 Å². The zero-order valence-corrected chi connectivity index (χ0v) is 23.6. The minimum atomic E-state index is -0.580. The largest absolute Gasteiger partial charge is 0.497 e. The van der Waals surface area contributed by atoms with Gasteiger partial charge in [0.1, 0.15) is 17.1 Å². The predicted molar refractivity (Wildman–Crippen MR) is 159 cm³/mol. The monoisotopic (exact) mass is 567 g/mol. The lowest BCUT2D eigenvalue weighted by molar-refractivity contribution is 0.0595. The van der Waals surface area contributed by atoms with E-state index in [0.717, 1.165) is 22.4 Å². The van der Waals surface area contributed by atoms with Crippen LogP contribution in [-0.2, 0) is 12.1 Å². The molecule has 42 heavy (non-hydrogen) atoms. The zero-order chi connectivity index (χ0) is 29.9. The first-order valence-corrected chi connectivity index (χ1v) is 13.4. The van der Waals surface area contributed by atoms with E-state index in [9.17, 15) is 14.7 Å². The highest BCUT2D eigenvalue weighted by Gasteiger charge is 2.42. The molecule has 0 radical (unpaired) electrons. The Hall–Kier alpha value is -5.00. The number of aliphatic hydroxyl groups excluding tert-OH is 1. The number of methoxy groups -OCH3 is 1. The Bertz CT molecular complexity index is 1590. The minimum absolute atomic E-state index is 0.0480. The second-order valence-corrected chi connectivity index (χ2v) is 10.4. The Labute approximate surface area is 243 Å². The van der Waals surface area contributed by atoms with Crippen molar-refractivity contribution in [3.63, 3.8) is 0 Å². The van der Waals surface area contributed by atoms with Gasteiger partial charge in [0.2, 0.25) is 5.95 Å². The van der Waals surface area contributed by atoms with Gasteiger partial charge in [-0.3, -0.25) is 15.0 Å². The summed E-state index contributed by atoms with van der Waals surface area (Å²) in [6, 6.07) is 22.0. The Morgan fingerprint density at radius 3 is 2.50 bits per heavy atom. The number of amides is 2. The maximum atomic E-state index is 13.4. The fourth-order valence-electron chi connectivity index (χ4n) is 5.05. The molecule has 0 aliphatic carbocycles. The maximum absolute atomic E-state index is 13.4. The summed E-state index contributed by atoms with van der Waals surface area (Å²) in [4.78, 5) is 36.6. The molecule has 2 amide bonds. The third-order valence-corrected chi connectivity index (χ3v) is 7.44. The minimum Gasteiger partial charge on any atom is -0.497 e. The molecule has 1 aliphatic rings. The number of nitrogens with zero attached hydrogens (tertiary/aromatic N) is 3. The smallest absolute Gasteiger partial charge is 0.270 e. The van der Waals surface area contributed by atoms with E-state index in [-0.39, 0.29) is 29.8 Å². The van der Waals surface area contributed by atoms with Crippen molar-refractivity contribution in [3.8, 4) is 5.75 Å². The number of aromatic nitrogens is 2. The number of nitrogens with two attached hydrogens (primary N) is 1. The predicted octanol–water partition coefficient (Wildman–Crippen LogP) is 3.87. The van der Waals surface area contributed by atoms with Crippen LogP contribution in [0.2, 0.25) is 0 Å². The molecule has 0 unspecified atom stereocenters. The van der Waals surface area contributed by atoms with Gasteiger partial charge in [0, 0.05) is 24.0 Å². The number of hydrazine groups is 1. The summed E-state index contributed by atoms with van der Waals surface area (Å²) < 4.78 is 5.25. The first kappa shape index (κ1) is 28.5. The van der Waals surface area contributed by atoms with Gasteiger partial charge in [-0.05, 0) is 60.9 Å². The Kier molecular flexibility index (Phi) is 8.05. The number of fused-ring (bicyclic) bond motifs is 1. The van der Waals surface area contributed by atoms with Crippen molar-refractivity contribution in [1.82, 2.24) is 20.3 Å². The average molecular weight is 568 g/mol. The number of hydrogen-bond donors (Lipinski definition) is 5. The molecule has 11 heteroatoms. The van der Waals surface area contributed by atoms with E-state index in [1.807, 2.05) is 79.4 Å². The number of anilines is 3. The molecule has 1 aromatic heterocycles. The van der Waals surface area contributed by atoms with Crippen LogP contribution in [0.25, 0.3) is 0 Å². The molecule has 6 N–H and O–H groups in total. The summed E-state index contributed by atoms with van der Waals surface area (Å²) in [7, 11) is 1.62. The Morgan fingerprint density at radius 1 is 1.10 bits per heavy atom. The van der Waals surface area contributed by atoms with Crippen molar-refractivity contribution in [2.45, 2.75) is 32.0 Å². The number of nitrogens with one attached hydrogen (secondary N) is 3. The lowest BCUT2D eigenvalue weighted by atomic mass is 9.93. The molecule has 0 bridgehead atoms. The molecular formula is C31H33N7O4. The van der Waals surface area contributed by atoms with Crippen molar-refractivity contribution < 1.29 is 19.4 Å². The molecule has 1 atom stereocenters. The average Bonchev–Trinajstić information content (AvgIpc) is 3.20. The van der Waals surface area contributed by atoms with Gasteiger partial charge in [0.15, 0.2) is 0 Å². The van der Waals surface area contributed by atoms with Crippen molar-refractivity contribution in [2.24, 2.45) is 5.84 Å². The lowest BCUT2D eigenvalue weighted by Crippen LogP contribution is -2.38. The van der Waals surface area contributed by atoms with E-state index in [1.165, 1.54) is 6.20 Å². The van der Waals surface area contributed by atoms with Gasteiger partial charge >= 0.3 is 0 Å². The van der Waals surface area contributed by atoms with Crippen LogP contribution in [0, 0.1) is 0 Å². The third-order valence-electron chi connectivity index (χ3n) is 7.44. The molecule has 4 aromatic rings. The lowest BCUT2D eigenvalue weighted by Gasteiger charge is -2.32. The van der Waals surface area contributed by atoms with E-state index < -0.39 is 17.5 Å². The molecule has 0 fully saturated rings. The van der Waals surface area contributed by atoms with E-state index >= 15 is 0 Å². The molecule has 1 aliphatic heterocycles. The van der Waals surface area contributed by atoms with Crippen LogP contribution in [0.5, 0.6) is 5.75 Å². The van der Waals surface area contributed by atoms with Crippen LogP contribution >= 0.6 is 0 Å². The first-order chi connectivity index (χ1) is 20.2. The van der Waals surface area contributed by atoms with Crippen molar-refractivity contribution in [2.75, 3.05) is 24.4 Å². The van der Waals surface area contributed by atoms with Crippen LogP contribution in [-0.4, -0.2) is 45.5 Å². The van der Waals surface area contributed by atoms with Crippen molar-refractivity contribution >= 4 is 29.3 Å². The summed E-state index contributed by atoms with van der Waals surface area (Å²) in [5.74, 6) is 5.93. The maximum Gasteiger partial charge on any atom is 0.270 e. The molecule has 5 rings (SSSR count). The normalized spacial score (nSPS) is 14.2. The van der Waals surface area contributed by atoms with E-state index in [4.69, 9.17) is 10.6 Å². The first-order valence-electron chi connectivity index (χ1n) is 13.4. The number of carbonyl (C=O) groups excluding carboxylic acids is 2. The fraction of sp³-hybridized carbons (Fsp3) is 0.226. The summed E-state index contributed by atoms with van der Waals surface area (Å²) in [6.07, 6.45) is 1.36. The quantitative estimate of drug-likeness (QED) is 0.109. The highest BCUT2D eigenvalue weighted by atomic mass is 16.5. The molecule has 3 aromatic carbocycles. The summed E-state index contributed by atoms with van der Waals surface area (Å²) in [5.41, 5.74) is 5.63. The van der Waals surface area contributed by atoms with E-state index in [0.29, 0.717) is 17.8 Å². The fourth-order valence-corrected chi connectivity index (χ4v) is 5.05. The number of benzene rings is 3. The second kappa shape index (κ2) is 11.9. The molecular weight excluding hydrogens is 534 g/mol. The number of hydrogen-bond acceptors (Lipinski definition) is 9. The highest BCUT2D eigenvalue weighted by Crippen LogP contribution is 2.41. The van der Waals surface area contributed by atoms with Crippen molar-refractivity contribution in [3.05, 3.63) is 107 Å². The van der Waals surface area contributed by atoms with Crippen LogP contribution < -0.4 is 26.6 Å². The van der Waals surface area contributed by atoms with Gasteiger partial charge < -0.3 is 25.4 Å². The van der Waals surface area contributed by atoms with E-state index in [1.54, 1.807) is 19.2 Å². The molecule has 0 saturated carbocycles. The number of rotatable bonds is 10. The number of ether oxygens (including phenoxy) is 1. The number of nitrogen functional groups attached to an aromatic ring is 1. The topological polar surface area (TPSA) is 155 Å². The van der Waals surface area contributed by atoms with E-state index in [2.05, 4.69) is 26.0 Å². The number of carbonyl (C=O) groups is 2.